The van der Waals surface area contributed by atoms with Gasteiger partial charge in [-0.1, -0.05) is 0 Å². The highest BCUT2D eigenvalue weighted by Gasteiger charge is 2.11. The normalized spacial score (nSPS) is 15.4. The Balaban J connectivity index is 2.43. The fourth-order valence-electron chi connectivity index (χ4n) is 1.15. The Hall–Kier alpha value is -0.980. The van der Waals surface area contributed by atoms with Gasteiger partial charge in [0.25, 0.3) is 0 Å². The topological polar surface area (TPSA) is 83.2 Å². The van der Waals surface area contributed by atoms with E-state index in [9.17, 15) is 0 Å². The molecule has 1 aromatic rings. The molecule has 1 unspecified atom stereocenters. The van der Waals surface area contributed by atoms with E-state index in [4.69, 9.17) is 10.2 Å². The summed E-state index contributed by atoms with van der Waals surface area (Å²) in [6.45, 7) is 2.02. The smallest absolute Gasteiger partial charge is 0.149 e. The van der Waals surface area contributed by atoms with E-state index in [-0.39, 0.29) is 12.6 Å². The van der Waals surface area contributed by atoms with Crippen LogP contribution in [0.15, 0.2) is 6.33 Å². The number of rotatable bonds is 5. The van der Waals surface area contributed by atoms with Gasteiger partial charge in [-0.25, -0.2) is 0 Å². The Bertz CT molecular complexity index is 276. The summed E-state index contributed by atoms with van der Waals surface area (Å²) in [6, 6.07) is 0.00343. The molecule has 0 aromatic carbocycles. The van der Waals surface area contributed by atoms with Crippen LogP contribution in [-0.4, -0.2) is 44.2 Å². The fraction of sp³-hybridized carbons (Fsp3) is 0.750. The van der Waals surface area contributed by atoms with Crippen LogP contribution in [0.1, 0.15) is 18.8 Å². The molecule has 3 N–H and O–H groups in total. The maximum Gasteiger partial charge on any atom is 0.149 e. The quantitative estimate of drug-likeness (QED) is 0.557. The number of hydrogen-bond donors (Lipinski definition) is 3. The van der Waals surface area contributed by atoms with Gasteiger partial charge in [-0.2, -0.15) is 0 Å². The van der Waals surface area contributed by atoms with Gasteiger partial charge in [0.15, 0.2) is 0 Å². The van der Waals surface area contributed by atoms with Crippen LogP contribution in [0.2, 0.25) is 0 Å². The van der Waals surface area contributed by atoms with Crippen molar-refractivity contribution in [3.05, 3.63) is 12.2 Å². The third-order valence-corrected chi connectivity index (χ3v) is 2.00. The van der Waals surface area contributed by atoms with Gasteiger partial charge in [0.05, 0.1) is 18.8 Å². The van der Waals surface area contributed by atoms with Crippen LogP contribution in [0.5, 0.6) is 0 Å². The molecule has 0 aliphatic rings. The first-order valence-electron chi connectivity index (χ1n) is 4.51. The second-order valence-electron chi connectivity index (χ2n) is 3.27. The molecule has 1 rings (SSSR count). The first-order chi connectivity index (χ1) is 6.65. The van der Waals surface area contributed by atoms with Crippen LogP contribution < -0.4 is 5.32 Å². The molecule has 2 atom stereocenters. The molecule has 0 amide bonds. The second kappa shape index (κ2) is 5.04. The zero-order valence-electron chi connectivity index (χ0n) is 8.38. The fourth-order valence-corrected chi connectivity index (χ4v) is 1.15. The molecule has 0 spiro atoms. The molecule has 6 nitrogen and oxygen atoms in total. The lowest BCUT2D eigenvalue weighted by atomic mass is 10.3. The lowest BCUT2D eigenvalue weighted by Crippen LogP contribution is -2.32. The van der Waals surface area contributed by atoms with Gasteiger partial charge in [-0.05, 0) is 6.92 Å². The summed E-state index contributed by atoms with van der Waals surface area (Å²) >= 11 is 0. The van der Waals surface area contributed by atoms with Gasteiger partial charge >= 0.3 is 0 Å². The SMILES string of the molecule is CC(NC[C@H](O)CO)c1nncn1C. The number of aromatic nitrogens is 3. The van der Waals surface area contributed by atoms with Crippen LogP contribution in [0.25, 0.3) is 0 Å². The third kappa shape index (κ3) is 2.76. The number of aliphatic hydroxyl groups is 2. The minimum atomic E-state index is -0.731. The van der Waals surface area contributed by atoms with Crippen molar-refractivity contribution in [3.63, 3.8) is 0 Å². The number of aliphatic hydroxyl groups excluding tert-OH is 2. The first kappa shape index (κ1) is 11.1. The molecule has 0 radical (unpaired) electrons. The van der Waals surface area contributed by atoms with Crippen molar-refractivity contribution in [2.75, 3.05) is 13.2 Å². The molecule has 0 fully saturated rings. The maximum atomic E-state index is 9.12. The van der Waals surface area contributed by atoms with E-state index in [0.29, 0.717) is 6.54 Å². The lowest BCUT2D eigenvalue weighted by molar-refractivity contribution is 0.0920. The van der Waals surface area contributed by atoms with E-state index in [1.165, 1.54) is 0 Å². The van der Waals surface area contributed by atoms with E-state index in [2.05, 4.69) is 15.5 Å². The number of nitrogens with one attached hydrogen (secondary N) is 1. The molecule has 80 valence electrons. The molecule has 0 bridgehead atoms. The van der Waals surface area contributed by atoms with Crippen molar-refractivity contribution in [3.8, 4) is 0 Å². The van der Waals surface area contributed by atoms with Crippen molar-refractivity contribution in [1.82, 2.24) is 20.1 Å². The molecule has 1 aromatic heterocycles. The average Bonchev–Trinajstić information content (AvgIpc) is 2.60. The Labute approximate surface area is 82.6 Å². The van der Waals surface area contributed by atoms with E-state index >= 15 is 0 Å². The number of nitrogens with zero attached hydrogens (tertiary/aromatic N) is 3. The van der Waals surface area contributed by atoms with Gasteiger partial charge in [0, 0.05) is 13.6 Å². The molecule has 0 aliphatic carbocycles. The second-order valence-corrected chi connectivity index (χ2v) is 3.27. The molecular formula is C8H16N4O2. The molecule has 6 heteroatoms. The standard InChI is InChI=1S/C8H16N4O2/c1-6(9-3-7(14)4-13)8-11-10-5-12(8)2/h5-7,9,13-14H,3-4H2,1-2H3/t6?,7-/m0/s1. The summed E-state index contributed by atoms with van der Waals surface area (Å²) in [4.78, 5) is 0. The Morgan fingerprint density at radius 1 is 1.64 bits per heavy atom. The van der Waals surface area contributed by atoms with Crippen molar-refractivity contribution in [2.24, 2.45) is 7.05 Å². The summed E-state index contributed by atoms with van der Waals surface area (Å²) < 4.78 is 1.81. The highest BCUT2D eigenvalue weighted by atomic mass is 16.3. The number of hydrogen-bond acceptors (Lipinski definition) is 5. The van der Waals surface area contributed by atoms with E-state index < -0.39 is 6.10 Å². The molecule has 0 aliphatic heterocycles. The summed E-state index contributed by atoms with van der Waals surface area (Å²) in [6.07, 6.45) is 0.890. The Morgan fingerprint density at radius 3 is 2.86 bits per heavy atom. The van der Waals surface area contributed by atoms with Crippen LogP contribution in [0.3, 0.4) is 0 Å². The molecule has 14 heavy (non-hydrogen) atoms. The molecule has 1 heterocycles. The van der Waals surface area contributed by atoms with Gasteiger partial charge in [0.1, 0.15) is 12.2 Å². The van der Waals surface area contributed by atoms with Gasteiger partial charge in [-0.15, -0.1) is 10.2 Å². The zero-order chi connectivity index (χ0) is 10.6. The summed E-state index contributed by atoms with van der Waals surface area (Å²) in [5.41, 5.74) is 0. The molecule has 0 saturated heterocycles. The Kier molecular flexibility index (Phi) is 3.99. The van der Waals surface area contributed by atoms with Crippen molar-refractivity contribution < 1.29 is 10.2 Å². The minimum Gasteiger partial charge on any atom is -0.394 e. The highest BCUT2D eigenvalue weighted by Crippen LogP contribution is 2.06. The van der Waals surface area contributed by atoms with Crippen LogP contribution >= 0.6 is 0 Å². The van der Waals surface area contributed by atoms with Crippen molar-refractivity contribution in [1.29, 1.82) is 0 Å². The summed E-state index contributed by atoms with van der Waals surface area (Å²) in [5, 5.41) is 28.4. The maximum absolute atomic E-state index is 9.12. The summed E-state index contributed by atoms with van der Waals surface area (Å²) in [5.74, 6) is 0.801. The predicted molar refractivity (Wildman–Crippen MR) is 50.5 cm³/mol. The van der Waals surface area contributed by atoms with Crippen LogP contribution in [-0.2, 0) is 7.05 Å². The van der Waals surface area contributed by atoms with Gasteiger partial charge in [0.2, 0.25) is 0 Å². The number of aryl methyl sites for hydroxylation is 1. The van der Waals surface area contributed by atoms with E-state index in [1.54, 1.807) is 6.33 Å². The van der Waals surface area contributed by atoms with Crippen molar-refractivity contribution >= 4 is 0 Å². The monoisotopic (exact) mass is 200 g/mol. The Morgan fingerprint density at radius 2 is 2.36 bits per heavy atom. The van der Waals surface area contributed by atoms with Crippen LogP contribution in [0.4, 0.5) is 0 Å². The summed E-state index contributed by atoms with van der Waals surface area (Å²) in [7, 11) is 1.86. The highest BCUT2D eigenvalue weighted by molar-refractivity contribution is 4.91. The largest absolute Gasteiger partial charge is 0.394 e. The van der Waals surface area contributed by atoms with Crippen molar-refractivity contribution in [2.45, 2.75) is 19.1 Å². The third-order valence-electron chi connectivity index (χ3n) is 2.00. The van der Waals surface area contributed by atoms with Crippen LogP contribution in [0, 0.1) is 0 Å². The first-order valence-corrected chi connectivity index (χ1v) is 4.51. The average molecular weight is 200 g/mol. The van der Waals surface area contributed by atoms with E-state index in [0.717, 1.165) is 5.82 Å². The molecular weight excluding hydrogens is 184 g/mol. The zero-order valence-corrected chi connectivity index (χ0v) is 8.38. The molecule has 0 saturated carbocycles. The van der Waals surface area contributed by atoms with Gasteiger partial charge < -0.3 is 20.1 Å². The predicted octanol–water partition coefficient (Wildman–Crippen LogP) is -1.18. The van der Waals surface area contributed by atoms with E-state index in [1.807, 2.05) is 18.5 Å². The van der Waals surface area contributed by atoms with Gasteiger partial charge in [-0.3, -0.25) is 0 Å². The minimum absolute atomic E-state index is 0.00343. The lowest BCUT2D eigenvalue weighted by Gasteiger charge is -2.14.